The van der Waals surface area contributed by atoms with E-state index in [0.29, 0.717) is 0 Å². The van der Waals surface area contributed by atoms with Gasteiger partial charge in [0, 0.05) is 13.8 Å². The Labute approximate surface area is 102 Å². The average molecular weight is 257 g/mol. The molecular weight excluding hydrogens is 248 g/mol. The summed E-state index contributed by atoms with van der Waals surface area (Å²) in [6.07, 6.45) is 0. The molecule has 7 heteroatoms. The van der Waals surface area contributed by atoms with Crippen LogP contribution < -0.4 is 0 Å². The molecule has 0 aliphatic carbocycles. The summed E-state index contributed by atoms with van der Waals surface area (Å²) in [4.78, 5) is 23.4. The van der Waals surface area contributed by atoms with Gasteiger partial charge in [0.2, 0.25) is 0 Å². The Morgan fingerprint density at radius 3 is 2.24 bits per heavy atom. The third kappa shape index (κ3) is 2.36. The van der Waals surface area contributed by atoms with Crippen LogP contribution in [-0.4, -0.2) is 27.9 Å². The number of cyclic esters (lactones) is 2. The second-order valence-electron chi connectivity index (χ2n) is 3.96. The molecule has 17 heavy (non-hydrogen) atoms. The first-order valence-corrected chi connectivity index (χ1v) is 5.22. The summed E-state index contributed by atoms with van der Waals surface area (Å²) >= 11 is 5.56. The minimum absolute atomic E-state index is 0.153. The van der Waals surface area contributed by atoms with Crippen LogP contribution in [-0.2, 0) is 19.1 Å². The van der Waals surface area contributed by atoms with Gasteiger partial charge >= 0.3 is 11.9 Å². The lowest BCUT2D eigenvalue weighted by molar-refractivity contribution is -0.234. The van der Waals surface area contributed by atoms with E-state index in [1.165, 1.54) is 26.0 Å². The number of nitrogens with zero attached hydrogens (tertiary/aromatic N) is 2. The maximum atomic E-state index is 11.7. The molecule has 1 aliphatic rings. The van der Waals surface area contributed by atoms with Gasteiger partial charge in [0.05, 0.1) is 5.69 Å². The fourth-order valence-corrected chi connectivity index (χ4v) is 1.54. The van der Waals surface area contributed by atoms with Crippen molar-refractivity contribution in [3.8, 4) is 0 Å². The summed E-state index contributed by atoms with van der Waals surface area (Å²) in [5.74, 6) is -3.86. The molecule has 6 nitrogen and oxygen atoms in total. The lowest BCUT2D eigenvalue weighted by Crippen LogP contribution is -2.45. The topological polar surface area (TPSA) is 78.4 Å². The van der Waals surface area contributed by atoms with Crippen LogP contribution in [0.5, 0.6) is 0 Å². The number of ether oxygens (including phenoxy) is 2. The summed E-state index contributed by atoms with van der Waals surface area (Å²) in [6.45, 7) is 2.96. The predicted octanol–water partition coefficient (Wildman–Crippen LogP) is 1.05. The van der Waals surface area contributed by atoms with E-state index >= 15 is 0 Å². The van der Waals surface area contributed by atoms with Gasteiger partial charge in [-0.3, -0.25) is 9.59 Å². The molecule has 1 aromatic heterocycles. The van der Waals surface area contributed by atoms with Crippen molar-refractivity contribution < 1.29 is 19.1 Å². The molecule has 0 saturated carbocycles. The van der Waals surface area contributed by atoms with Crippen molar-refractivity contribution in [2.75, 3.05) is 0 Å². The van der Waals surface area contributed by atoms with Crippen LogP contribution in [0.15, 0.2) is 12.1 Å². The number of carbonyl (C=O) groups excluding carboxylic acids is 2. The van der Waals surface area contributed by atoms with Crippen molar-refractivity contribution in [3.63, 3.8) is 0 Å². The summed E-state index contributed by atoms with van der Waals surface area (Å²) < 4.78 is 9.92. The molecule has 0 amide bonds. The molecule has 2 rings (SSSR count). The Balaban J connectivity index is 2.30. The normalized spacial score (nSPS) is 19.7. The SMILES string of the molecule is CC1(C)OC(=O)C(c2ccc(Cl)nn2)C(=O)O1. The average Bonchev–Trinajstić information content (AvgIpc) is 2.18. The lowest BCUT2D eigenvalue weighted by atomic mass is 10.0. The number of halogens is 1. The molecule has 0 bridgehead atoms. The standard InChI is InChI=1S/C10H9ClN2O4/c1-10(2)16-8(14)7(9(15)17-10)5-3-4-6(11)13-12-5/h3-4,7H,1-2H3. The lowest BCUT2D eigenvalue weighted by Gasteiger charge is -2.32. The molecule has 0 aromatic carbocycles. The highest BCUT2D eigenvalue weighted by Crippen LogP contribution is 2.28. The Hall–Kier alpha value is -1.69. The molecule has 1 aliphatic heterocycles. The molecule has 0 spiro atoms. The van der Waals surface area contributed by atoms with Crippen molar-refractivity contribution >= 4 is 23.5 Å². The Morgan fingerprint density at radius 1 is 1.18 bits per heavy atom. The van der Waals surface area contributed by atoms with Crippen LogP contribution in [0.2, 0.25) is 5.15 Å². The highest BCUT2D eigenvalue weighted by molar-refractivity contribution is 6.29. The smallest absolute Gasteiger partial charge is 0.329 e. The van der Waals surface area contributed by atoms with Gasteiger partial charge < -0.3 is 9.47 Å². The van der Waals surface area contributed by atoms with Crippen LogP contribution in [0.1, 0.15) is 25.5 Å². The van der Waals surface area contributed by atoms with Crippen LogP contribution in [0.3, 0.4) is 0 Å². The summed E-state index contributed by atoms with van der Waals surface area (Å²) in [5.41, 5.74) is 0.153. The Morgan fingerprint density at radius 2 is 1.76 bits per heavy atom. The zero-order valence-corrected chi connectivity index (χ0v) is 9.89. The molecule has 1 aromatic rings. The van der Waals surface area contributed by atoms with Gasteiger partial charge in [-0.15, -0.1) is 5.10 Å². The summed E-state index contributed by atoms with van der Waals surface area (Å²) in [6, 6.07) is 2.87. The Kier molecular flexibility index (Phi) is 2.74. The van der Waals surface area contributed by atoms with E-state index in [9.17, 15) is 9.59 Å². The van der Waals surface area contributed by atoms with Gasteiger partial charge in [-0.2, -0.15) is 5.10 Å². The first-order valence-electron chi connectivity index (χ1n) is 4.84. The van der Waals surface area contributed by atoms with Crippen LogP contribution >= 0.6 is 11.6 Å². The maximum absolute atomic E-state index is 11.7. The molecule has 0 N–H and O–H groups in total. The molecule has 0 radical (unpaired) electrons. The van der Waals surface area contributed by atoms with E-state index in [4.69, 9.17) is 21.1 Å². The number of rotatable bonds is 1. The van der Waals surface area contributed by atoms with Crippen LogP contribution in [0, 0.1) is 0 Å². The van der Waals surface area contributed by atoms with Gasteiger partial charge in [-0.05, 0) is 12.1 Å². The number of carbonyl (C=O) groups is 2. The predicted molar refractivity (Wildman–Crippen MR) is 56.0 cm³/mol. The highest BCUT2D eigenvalue weighted by atomic mass is 35.5. The van der Waals surface area contributed by atoms with Gasteiger partial charge in [0.25, 0.3) is 5.79 Å². The van der Waals surface area contributed by atoms with Crippen LogP contribution in [0.4, 0.5) is 0 Å². The number of aromatic nitrogens is 2. The fraction of sp³-hybridized carbons (Fsp3) is 0.400. The first-order chi connectivity index (χ1) is 7.89. The van der Waals surface area contributed by atoms with E-state index < -0.39 is 23.6 Å². The van der Waals surface area contributed by atoms with E-state index in [2.05, 4.69) is 10.2 Å². The van der Waals surface area contributed by atoms with Gasteiger partial charge in [-0.1, -0.05) is 11.6 Å². The molecule has 90 valence electrons. The molecular formula is C10H9ClN2O4. The monoisotopic (exact) mass is 256 g/mol. The van der Waals surface area contributed by atoms with E-state index in [-0.39, 0.29) is 10.8 Å². The number of esters is 2. The second-order valence-corrected chi connectivity index (χ2v) is 4.34. The van der Waals surface area contributed by atoms with Gasteiger partial charge in [-0.25, -0.2) is 0 Å². The van der Waals surface area contributed by atoms with Crippen molar-refractivity contribution in [1.82, 2.24) is 10.2 Å². The molecule has 0 unspecified atom stereocenters. The zero-order valence-electron chi connectivity index (χ0n) is 9.14. The minimum atomic E-state index is -1.25. The third-order valence-electron chi connectivity index (χ3n) is 2.11. The number of hydrogen-bond donors (Lipinski definition) is 0. The molecule has 0 atom stereocenters. The van der Waals surface area contributed by atoms with Crippen molar-refractivity contribution in [2.24, 2.45) is 0 Å². The minimum Gasteiger partial charge on any atom is -0.422 e. The largest absolute Gasteiger partial charge is 0.422 e. The molecule has 1 fully saturated rings. The highest BCUT2D eigenvalue weighted by Gasteiger charge is 2.45. The van der Waals surface area contributed by atoms with E-state index in [1.54, 1.807) is 0 Å². The molecule has 2 heterocycles. The zero-order chi connectivity index (χ0) is 12.6. The van der Waals surface area contributed by atoms with E-state index in [0.717, 1.165) is 0 Å². The van der Waals surface area contributed by atoms with Gasteiger partial charge in [0.1, 0.15) is 0 Å². The molecule has 1 saturated heterocycles. The summed E-state index contributed by atoms with van der Waals surface area (Å²) in [7, 11) is 0. The third-order valence-corrected chi connectivity index (χ3v) is 2.31. The quantitative estimate of drug-likeness (QED) is 0.552. The number of hydrogen-bond acceptors (Lipinski definition) is 6. The van der Waals surface area contributed by atoms with E-state index in [1.807, 2.05) is 0 Å². The van der Waals surface area contributed by atoms with Crippen molar-refractivity contribution in [2.45, 2.75) is 25.6 Å². The first kappa shape index (κ1) is 11.8. The second kappa shape index (κ2) is 3.96. The van der Waals surface area contributed by atoms with Crippen molar-refractivity contribution in [3.05, 3.63) is 23.0 Å². The van der Waals surface area contributed by atoms with Crippen LogP contribution in [0.25, 0.3) is 0 Å². The summed E-state index contributed by atoms with van der Waals surface area (Å²) in [5, 5.41) is 7.40. The van der Waals surface area contributed by atoms with Crippen molar-refractivity contribution in [1.29, 1.82) is 0 Å². The fourth-order valence-electron chi connectivity index (χ4n) is 1.44. The van der Waals surface area contributed by atoms with Gasteiger partial charge in [0.15, 0.2) is 11.1 Å². The Bertz CT molecular complexity index is 452. The maximum Gasteiger partial charge on any atom is 0.329 e.